The Labute approximate surface area is 178 Å². The molecule has 6 aromatic rings. The first-order chi connectivity index (χ1) is 15.2. The van der Waals surface area contributed by atoms with E-state index in [1.54, 1.807) is 0 Å². The molecule has 0 fully saturated rings. The quantitative estimate of drug-likeness (QED) is 0.341. The second kappa shape index (κ2) is 6.55. The molecule has 144 valence electrons. The van der Waals surface area contributed by atoms with E-state index in [9.17, 15) is 10.1 Å². The third kappa shape index (κ3) is 2.56. The van der Waals surface area contributed by atoms with Gasteiger partial charge in [0.15, 0.2) is 0 Å². The number of nitriles is 1. The Bertz CT molecular complexity index is 1690. The van der Waals surface area contributed by atoms with E-state index in [0.29, 0.717) is 11.3 Å². The molecule has 31 heavy (non-hydrogen) atoms. The van der Waals surface area contributed by atoms with Crippen molar-refractivity contribution in [3.8, 4) is 28.5 Å². The number of nitrogens with zero attached hydrogens (tertiary/aromatic N) is 1. The summed E-state index contributed by atoms with van der Waals surface area (Å²) in [4.78, 5) is 15.8. The first-order valence-electron chi connectivity index (χ1n) is 10.1. The van der Waals surface area contributed by atoms with Gasteiger partial charge in [0.05, 0.1) is 0 Å². The number of rotatable bonds is 2. The smallest absolute Gasteiger partial charge is 0.266 e. The predicted molar refractivity (Wildman–Crippen MR) is 126 cm³/mol. The zero-order chi connectivity index (χ0) is 20.9. The number of pyridine rings is 1. The third-order valence-electron chi connectivity index (χ3n) is 6.05. The molecule has 3 nitrogen and oxygen atoms in total. The first kappa shape index (κ1) is 17.4. The van der Waals surface area contributed by atoms with E-state index in [-0.39, 0.29) is 11.1 Å². The van der Waals surface area contributed by atoms with Crippen molar-refractivity contribution in [3.63, 3.8) is 0 Å². The Hall–Kier alpha value is -4.42. The summed E-state index contributed by atoms with van der Waals surface area (Å²) in [6.45, 7) is 0. The van der Waals surface area contributed by atoms with E-state index >= 15 is 0 Å². The van der Waals surface area contributed by atoms with E-state index in [1.165, 1.54) is 26.9 Å². The monoisotopic (exact) mass is 396 g/mol. The summed E-state index contributed by atoms with van der Waals surface area (Å²) in [6, 6.07) is 32.6. The van der Waals surface area contributed by atoms with Gasteiger partial charge >= 0.3 is 0 Å². The predicted octanol–water partition coefficient (Wildman–Crippen LogP) is 6.48. The Morgan fingerprint density at radius 2 is 1.35 bits per heavy atom. The molecular formula is C28H16N2O. The molecule has 0 unspecified atom stereocenters. The molecule has 0 saturated heterocycles. The Balaban J connectivity index is 1.71. The van der Waals surface area contributed by atoms with Crippen LogP contribution in [0.3, 0.4) is 0 Å². The Kier molecular flexibility index (Phi) is 3.68. The van der Waals surface area contributed by atoms with Crippen molar-refractivity contribution in [2.45, 2.75) is 0 Å². The highest BCUT2D eigenvalue weighted by Crippen LogP contribution is 2.39. The van der Waals surface area contributed by atoms with Gasteiger partial charge in [-0.05, 0) is 43.9 Å². The average molecular weight is 396 g/mol. The van der Waals surface area contributed by atoms with E-state index < -0.39 is 0 Å². The summed E-state index contributed by atoms with van der Waals surface area (Å²) in [7, 11) is 0. The second-order valence-corrected chi connectivity index (χ2v) is 7.75. The maximum atomic E-state index is 12.8. The van der Waals surface area contributed by atoms with Crippen molar-refractivity contribution in [2.24, 2.45) is 0 Å². The van der Waals surface area contributed by atoms with Crippen LogP contribution < -0.4 is 5.56 Å². The fourth-order valence-electron chi connectivity index (χ4n) is 4.63. The van der Waals surface area contributed by atoms with Crippen molar-refractivity contribution < 1.29 is 0 Å². The summed E-state index contributed by atoms with van der Waals surface area (Å²) < 4.78 is 0. The van der Waals surface area contributed by atoms with Crippen molar-refractivity contribution in [2.75, 3.05) is 0 Å². The molecule has 0 aliphatic rings. The molecular weight excluding hydrogens is 380 g/mol. The van der Waals surface area contributed by atoms with Gasteiger partial charge in [-0.2, -0.15) is 5.26 Å². The maximum Gasteiger partial charge on any atom is 0.266 e. The Morgan fingerprint density at radius 1 is 0.677 bits per heavy atom. The zero-order valence-corrected chi connectivity index (χ0v) is 16.5. The molecule has 0 amide bonds. The molecule has 0 spiro atoms. The van der Waals surface area contributed by atoms with E-state index in [1.807, 2.05) is 42.5 Å². The van der Waals surface area contributed by atoms with Crippen LogP contribution in [0.2, 0.25) is 0 Å². The highest BCUT2D eigenvalue weighted by Gasteiger charge is 2.16. The Morgan fingerprint density at radius 3 is 2.10 bits per heavy atom. The lowest BCUT2D eigenvalue weighted by Crippen LogP contribution is -2.12. The van der Waals surface area contributed by atoms with E-state index in [4.69, 9.17) is 0 Å². The van der Waals surface area contributed by atoms with Crippen LogP contribution in [0.1, 0.15) is 5.56 Å². The standard InChI is InChI=1S/C28H16N2O/c29-16-24-23(17-5-2-1-3-6-17)15-25(30-28(24)31)21-13-11-20-10-9-18-7-4-8-19-12-14-22(21)27(20)26(18)19/h1-15H,(H,30,31). The molecule has 5 aromatic carbocycles. The molecule has 3 heteroatoms. The lowest BCUT2D eigenvalue weighted by molar-refractivity contribution is 1.22. The molecule has 0 aliphatic carbocycles. The molecule has 0 bridgehead atoms. The van der Waals surface area contributed by atoms with Crippen molar-refractivity contribution in [1.29, 1.82) is 5.26 Å². The number of benzene rings is 5. The molecule has 0 saturated carbocycles. The van der Waals surface area contributed by atoms with Crippen LogP contribution in [0.5, 0.6) is 0 Å². The lowest BCUT2D eigenvalue weighted by atomic mass is 9.90. The largest absolute Gasteiger partial charge is 0.321 e. The molecule has 0 aliphatic heterocycles. The maximum absolute atomic E-state index is 12.8. The molecule has 0 radical (unpaired) electrons. The SMILES string of the molecule is N#Cc1c(-c2ccccc2)cc(-c2ccc3ccc4cccc5ccc2c3c45)[nH]c1=O. The van der Waals surface area contributed by atoms with Crippen LogP contribution in [0, 0.1) is 11.3 Å². The van der Waals surface area contributed by atoms with Crippen molar-refractivity contribution >= 4 is 32.3 Å². The van der Waals surface area contributed by atoms with Gasteiger partial charge < -0.3 is 4.98 Å². The molecule has 1 aromatic heterocycles. The van der Waals surface area contributed by atoms with Crippen LogP contribution in [0.25, 0.3) is 54.7 Å². The fourth-order valence-corrected chi connectivity index (χ4v) is 4.63. The average Bonchev–Trinajstić information content (AvgIpc) is 2.82. The number of aromatic amines is 1. The summed E-state index contributed by atoms with van der Waals surface area (Å²) in [6.07, 6.45) is 0. The molecule has 6 rings (SSSR count). The number of H-pyrrole nitrogens is 1. The first-order valence-corrected chi connectivity index (χ1v) is 10.1. The highest BCUT2D eigenvalue weighted by molar-refractivity contribution is 6.25. The summed E-state index contributed by atoms with van der Waals surface area (Å²) >= 11 is 0. The van der Waals surface area contributed by atoms with Crippen LogP contribution in [-0.4, -0.2) is 4.98 Å². The number of aromatic nitrogens is 1. The number of nitrogens with one attached hydrogen (secondary N) is 1. The summed E-state index contributed by atoms with van der Waals surface area (Å²) in [5.41, 5.74) is 2.92. The normalized spacial score (nSPS) is 11.3. The highest BCUT2D eigenvalue weighted by atomic mass is 16.1. The second-order valence-electron chi connectivity index (χ2n) is 7.75. The van der Waals surface area contributed by atoms with E-state index in [0.717, 1.165) is 16.5 Å². The van der Waals surface area contributed by atoms with Crippen LogP contribution in [0.4, 0.5) is 0 Å². The van der Waals surface area contributed by atoms with Crippen LogP contribution in [0.15, 0.2) is 95.8 Å². The van der Waals surface area contributed by atoms with Crippen LogP contribution in [-0.2, 0) is 0 Å². The van der Waals surface area contributed by atoms with Gasteiger partial charge in [-0.15, -0.1) is 0 Å². The van der Waals surface area contributed by atoms with Crippen molar-refractivity contribution in [1.82, 2.24) is 4.98 Å². The van der Waals surface area contributed by atoms with E-state index in [2.05, 4.69) is 59.6 Å². The minimum absolute atomic E-state index is 0.132. The summed E-state index contributed by atoms with van der Waals surface area (Å²) in [5.74, 6) is 0. The van der Waals surface area contributed by atoms with Gasteiger partial charge in [-0.25, -0.2) is 0 Å². The fraction of sp³-hybridized carbons (Fsp3) is 0. The van der Waals surface area contributed by atoms with Crippen LogP contribution >= 0.6 is 0 Å². The van der Waals surface area contributed by atoms with Gasteiger partial charge in [0, 0.05) is 16.8 Å². The van der Waals surface area contributed by atoms with Gasteiger partial charge in [-0.3, -0.25) is 4.79 Å². The molecule has 1 heterocycles. The molecule has 0 atom stereocenters. The summed E-state index contributed by atoms with van der Waals surface area (Å²) in [5, 5.41) is 16.7. The zero-order valence-electron chi connectivity index (χ0n) is 16.5. The van der Waals surface area contributed by atoms with Gasteiger partial charge in [0.1, 0.15) is 11.6 Å². The minimum atomic E-state index is -0.371. The third-order valence-corrected chi connectivity index (χ3v) is 6.05. The minimum Gasteiger partial charge on any atom is -0.321 e. The molecule has 1 N–H and O–H groups in total. The lowest BCUT2D eigenvalue weighted by Gasteiger charge is -2.15. The van der Waals surface area contributed by atoms with Crippen molar-refractivity contribution in [3.05, 3.63) is 107 Å². The topological polar surface area (TPSA) is 56.6 Å². The number of hydrogen-bond donors (Lipinski definition) is 1. The van der Waals surface area contributed by atoms with Gasteiger partial charge in [-0.1, -0.05) is 84.9 Å². The van der Waals surface area contributed by atoms with Gasteiger partial charge in [0.2, 0.25) is 0 Å². The van der Waals surface area contributed by atoms with Gasteiger partial charge in [0.25, 0.3) is 5.56 Å². The number of hydrogen-bond acceptors (Lipinski definition) is 2.